The highest BCUT2D eigenvalue weighted by Crippen LogP contribution is 2.44. The Labute approximate surface area is 162 Å². The number of Topliss-reactive ketones (excluding diaryl/α,β-unsaturated/α-hetero) is 1. The van der Waals surface area contributed by atoms with Crippen LogP contribution in [0.3, 0.4) is 0 Å². The van der Waals surface area contributed by atoms with E-state index in [4.69, 9.17) is 0 Å². The van der Waals surface area contributed by atoms with E-state index >= 15 is 0 Å². The van der Waals surface area contributed by atoms with Crippen LogP contribution in [-0.2, 0) is 4.79 Å². The van der Waals surface area contributed by atoms with Gasteiger partial charge in [0, 0.05) is 40.9 Å². The Balaban J connectivity index is 1.63. The summed E-state index contributed by atoms with van der Waals surface area (Å²) in [6.07, 6.45) is 5.00. The van der Waals surface area contributed by atoms with Crippen molar-refractivity contribution in [2.75, 3.05) is 10.6 Å². The molecule has 2 aliphatic rings. The van der Waals surface area contributed by atoms with E-state index in [1.54, 1.807) is 17.5 Å². The van der Waals surface area contributed by atoms with Crippen molar-refractivity contribution >= 4 is 28.5 Å². The standard InChI is InChI=1S/C22H19N3OS/c26-19-12-15(20-8-4-10-27-20)11-18-21(19)22(14-5-3-9-23-13-14)25-17-7-2-1-6-16(17)24-18/h1-10,13,15,22,24-25H,11-12H2/t15-,22+/m0/s1. The average molecular weight is 373 g/mol. The summed E-state index contributed by atoms with van der Waals surface area (Å²) in [5, 5.41) is 9.22. The molecule has 2 atom stereocenters. The minimum Gasteiger partial charge on any atom is -0.372 e. The van der Waals surface area contributed by atoms with Crippen LogP contribution in [0.4, 0.5) is 11.4 Å². The van der Waals surface area contributed by atoms with Crippen LogP contribution < -0.4 is 10.6 Å². The number of carbonyl (C=O) groups excluding carboxylic acids is 1. The molecule has 2 aromatic heterocycles. The molecule has 27 heavy (non-hydrogen) atoms. The first-order valence-corrected chi connectivity index (χ1v) is 10.00. The van der Waals surface area contributed by atoms with E-state index in [1.807, 2.05) is 36.5 Å². The highest BCUT2D eigenvalue weighted by molar-refractivity contribution is 7.10. The Bertz CT molecular complexity index is 1010. The number of pyridine rings is 1. The fourth-order valence-electron chi connectivity index (χ4n) is 4.01. The second-order valence-electron chi connectivity index (χ2n) is 6.97. The molecule has 5 rings (SSSR count). The number of nitrogens with zero attached hydrogens (tertiary/aromatic N) is 1. The first-order chi connectivity index (χ1) is 13.3. The van der Waals surface area contributed by atoms with Crippen molar-refractivity contribution in [2.24, 2.45) is 0 Å². The summed E-state index contributed by atoms with van der Waals surface area (Å²) in [5.74, 6) is 0.444. The van der Waals surface area contributed by atoms with Gasteiger partial charge in [0.25, 0.3) is 0 Å². The van der Waals surface area contributed by atoms with E-state index < -0.39 is 0 Å². The number of hydrogen-bond acceptors (Lipinski definition) is 5. The van der Waals surface area contributed by atoms with E-state index in [-0.39, 0.29) is 17.7 Å². The van der Waals surface area contributed by atoms with E-state index in [0.29, 0.717) is 6.42 Å². The number of fused-ring (bicyclic) bond motifs is 1. The predicted octanol–water partition coefficient (Wildman–Crippen LogP) is 5.12. The second-order valence-corrected chi connectivity index (χ2v) is 7.95. The van der Waals surface area contributed by atoms with Gasteiger partial charge < -0.3 is 10.6 Å². The Hall–Kier alpha value is -2.92. The van der Waals surface area contributed by atoms with Crippen LogP contribution in [0.1, 0.15) is 35.2 Å². The maximum atomic E-state index is 13.3. The maximum absolute atomic E-state index is 13.3. The van der Waals surface area contributed by atoms with Crippen molar-refractivity contribution in [3.8, 4) is 0 Å². The topological polar surface area (TPSA) is 54.0 Å². The number of benzene rings is 1. The van der Waals surface area contributed by atoms with Gasteiger partial charge in [-0.3, -0.25) is 9.78 Å². The summed E-state index contributed by atoms with van der Waals surface area (Å²) in [4.78, 5) is 18.8. The molecule has 0 fully saturated rings. The molecule has 0 amide bonds. The van der Waals surface area contributed by atoms with Crippen LogP contribution in [0.25, 0.3) is 0 Å². The number of ketones is 1. The third-order valence-corrected chi connectivity index (χ3v) is 6.31. The first-order valence-electron chi connectivity index (χ1n) is 9.12. The molecule has 5 heteroatoms. The lowest BCUT2D eigenvalue weighted by Gasteiger charge is -2.29. The maximum Gasteiger partial charge on any atom is 0.163 e. The minimum absolute atomic E-state index is 0.193. The number of aromatic nitrogens is 1. The molecule has 0 bridgehead atoms. The first kappa shape index (κ1) is 16.3. The molecule has 0 unspecified atom stereocenters. The van der Waals surface area contributed by atoms with Gasteiger partial charge in [0.2, 0.25) is 0 Å². The monoisotopic (exact) mass is 373 g/mol. The van der Waals surface area contributed by atoms with Crippen molar-refractivity contribution in [2.45, 2.75) is 24.8 Å². The molecule has 0 spiro atoms. The number of thiophene rings is 1. The molecule has 1 aliphatic carbocycles. The smallest absolute Gasteiger partial charge is 0.163 e. The van der Waals surface area contributed by atoms with Gasteiger partial charge >= 0.3 is 0 Å². The lowest BCUT2D eigenvalue weighted by molar-refractivity contribution is -0.116. The summed E-state index contributed by atoms with van der Waals surface area (Å²) in [5.41, 5.74) is 4.88. The van der Waals surface area contributed by atoms with Crippen LogP contribution in [0.5, 0.6) is 0 Å². The fraction of sp³-hybridized carbons (Fsp3) is 0.182. The molecule has 0 saturated carbocycles. The molecule has 1 aromatic carbocycles. The third-order valence-electron chi connectivity index (χ3n) is 5.27. The van der Waals surface area contributed by atoms with Gasteiger partial charge in [-0.2, -0.15) is 0 Å². The van der Waals surface area contributed by atoms with E-state index in [2.05, 4.69) is 39.2 Å². The largest absolute Gasteiger partial charge is 0.372 e. The molecule has 3 aromatic rings. The van der Waals surface area contributed by atoms with Gasteiger partial charge in [0.05, 0.1) is 17.4 Å². The summed E-state index contributed by atoms with van der Waals surface area (Å²) < 4.78 is 0. The molecule has 4 nitrogen and oxygen atoms in total. The van der Waals surface area contributed by atoms with Crippen molar-refractivity contribution in [3.63, 3.8) is 0 Å². The van der Waals surface area contributed by atoms with Crippen LogP contribution in [0.2, 0.25) is 0 Å². The van der Waals surface area contributed by atoms with Crippen LogP contribution >= 0.6 is 11.3 Å². The zero-order valence-corrected chi connectivity index (χ0v) is 15.5. The van der Waals surface area contributed by atoms with Gasteiger partial charge in [-0.25, -0.2) is 0 Å². The van der Waals surface area contributed by atoms with Gasteiger partial charge in [-0.15, -0.1) is 11.3 Å². The summed E-state index contributed by atoms with van der Waals surface area (Å²) in [6, 6.07) is 16.1. The zero-order valence-electron chi connectivity index (χ0n) is 14.7. The van der Waals surface area contributed by atoms with E-state index in [1.165, 1.54) is 4.88 Å². The number of carbonyl (C=O) groups is 1. The summed E-state index contributed by atoms with van der Waals surface area (Å²) >= 11 is 1.73. The Morgan fingerprint density at radius 1 is 1.00 bits per heavy atom. The zero-order chi connectivity index (χ0) is 18.2. The Morgan fingerprint density at radius 2 is 1.89 bits per heavy atom. The van der Waals surface area contributed by atoms with Crippen molar-refractivity contribution < 1.29 is 4.79 Å². The Kier molecular flexibility index (Phi) is 4.02. The Morgan fingerprint density at radius 3 is 2.67 bits per heavy atom. The third kappa shape index (κ3) is 2.94. The predicted molar refractivity (Wildman–Crippen MR) is 109 cm³/mol. The van der Waals surface area contributed by atoms with Gasteiger partial charge in [-0.1, -0.05) is 24.3 Å². The van der Waals surface area contributed by atoms with Crippen LogP contribution in [0, 0.1) is 0 Å². The van der Waals surface area contributed by atoms with E-state index in [0.717, 1.165) is 34.6 Å². The second kappa shape index (κ2) is 6.67. The summed E-state index contributed by atoms with van der Waals surface area (Å²) in [7, 11) is 0. The number of allylic oxidation sites excluding steroid dienone is 1. The van der Waals surface area contributed by atoms with Gasteiger partial charge in [0.1, 0.15) is 0 Å². The van der Waals surface area contributed by atoms with Crippen molar-refractivity contribution in [1.82, 2.24) is 4.98 Å². The number of hydrogen-bond donors (Lipinski definition) is 2. The van der Waals surface area contributed by atoms with Gasteiger partial charge in [-0.05, 0) is 41.6 Å². The molecule has 0 saturated heterocycles. The lowest BCUT2D eigenvalue weighted by Crippen LogP contribution is -2.26. The fourth-order valence-corrected chi connectivity index (χ4v) is 4.84. The molecule has 1 aliphatic heterocycles. The lowest BCUT2D eigenvalue weighted by atomic mass is 9.81. The van der Waals surface area contributed by atoms with Crippen molar-refractivity contribution in [3.05, 3.63) is 88.0 Å². The number of nitrogens with one attached hydrogen (secondary N) is 2. The molecular formula is C22H19N3OS. The molecule has 2 N–H and O–H groups in total. The minimum atomic E-state index is -0.193. The highest BCUT2D eigenvalue weighted by Gasteiger charge is 2.36. The SMILES string of the molecule is O=C1C[C@@H](c2cccs2)CC2=C1[C@@H](c1cccnc1)Nc1ccccc1N2. The number of rotatable bonds is 2. The van der Waals surface area contributed by atoms with Crippen molar-refractivity contribution in [1.29, 1.82) is 0 Å². The van der Waals surface area contributed by atoms with E-state index in [9.17, 15) is 4.79 Å². The molecule has 0 radical (unpaired) electrons. The normalized spacial score (nSPS) is 21.6. The van der Waals surface area contributed by atoms with Crippen LogP contribution in [0.15, 0.2) is 77.6 Å². The summed E-state index contributed by atoms with van der Waals surface area (Å²) in [6.45, 7) is 0. The van der Waals surface area contributed by atoms with Crippen LogP contribution in [-0.4, -0.2) is 10.8 Å². The number of anilines is 2. The molecular weight excluding hydrogens is 354 g/mol. The average Bonchev–Trinajstić information content (AvgIpc) is 3.17. The number of para-hydroxylation sites is 2. The quantitative estimate of drug-likeness (QED) is 0.654. The van der Waals surface area contributed by atoms with Gasteiger partial charge in [0.15, 0.2) is 5.78 Å². The molecule has 134 valence electrons. The highest BCUT2D eigenvalue weighted by atomic mass is 32.1. The molecule has 3 heterocycles.